The molecule has 1 aromatic carbocycles. The number of benzene rings is 1. The predicted octanol–water partition coefficient (Wildman–Crippen LogP) is 4.26. The van der Waals surface area contributed by atoms with E-state index in [1.165, 1.54) is 6.07 Å². The van der Waals surface area contributed by atoms with Gasteiger partial charge in [0.1, 0.15) is 11.6 Å². The molecule has 2 unspecified atom stereocenters. The number of aromatic nitrogens is 1. The summed E-state index contributed by atoms with van der Waals surface area (Å²) in [7, 11) is 0. The molecule has 22 heavy (non-hydrogen) atoms. The van der Waals surface area contributed by atoms with Gasteiger partial charge in [-0.15, -0.1) is 0 Å². The van der Waals surface area contributed by atoms with Crippen LogP contribution >= 0.6 is 0 Å². The van der Waals surface area contributed by atoms with Crippen LogP contribution in [0.15, 0.2) is 48.7 Å². The first-order valence-electron chi connectivity index (χ1n) is 7.75. The van der Waals surface area contributed by atoms with Gasteiger partial charge in [0.15, 0.2) is 6.20 Å². The van der Waals surface area contributed by atoms with E-state index in [0.717, 1.165) is 35.7 Å². The molecule has 3 heteroatoms. The van der Waals surface area contributed by atoms with Gasteiger partial charge in [-0.3, -0.25) is 0 Å². The summed E-state index contributed by atoms with van der Waals surface area (Å²) in [4.78, 5) is 0. The Hall–Kier alpha value is -2.03. The molecule has 0 amide bonds. The minimum absolute atomic E-state index is 0.258. The molecule has 0 spiro atoms. The van der Waals surface area contributed by atoms with Gasteiger partial charge in [-0.25, -0.2) is 8.78 Å². The van der Waals surface area contributed by atoms with Crippen molar-refractivity contribution in [2.75, 3.05) is 0 Å². The maximum atomic E-state index is 14.6. The van der Waals surface area contributed by atoms with Crippen LogP contribution in [0.5, 0.6) is 0 Å². The van der Waals surface area contributed by atoms with Crippen LogP contribution < -0.4 is 4.57 Å². The fourth-order valence-corrected chi connectivity index (χ4v) is 4.84. The van der Waals surface area contributed by atoms with Gasteiger partial charge >= 0.3 is 0 Å². The quantitative estimate of drug-likeness (QED) is 0.576. The Bertz CT molecular complexity index is 826. The first kappa shape index (κ1) is 13.6. The van der Waals surface area contributed by atoms with Crippen LogP contribution in [-0.4, -0.2) is 0 Å². The van der Waals surface area contributed by atoms with Gasteiger partial charge < -0.3 is 0 Å². The topological polar surface area (TPSA) is 3.88 Å². The number of rotatable bonds is 2. The summed E-state index contributed by atoms with van der Waals surface area (Å²) < 4.78 is 30.6. The van der Waals surface area contributed by atoms with Crippen molar-refractivity contribution < 1.29 is 13.3 Å². The molecule has 0 N–H and O–H groups in total. The third-order valence-corrected chi connectivity index (χ3v) is 5.74. The smallest absolute Gasteiger partial charge is 0.207 e. The predicted molar refractivity (Wildman–Crippen MR) is 81.4 cm³/mol. The lowest BCUT2D eigenvalue weighted by atomic mass is 9.79. The molecular formula is C19H18F2N+. The SMILES string of the molecule is C=C1C2(CC)c3cc(F)cc(F)c3-c3cccc[n+]3C12CC. The van der Waals surface area contributed by atoms with Crippen molar-refractivity contribution in [3.05, 3.63) is 65.9 Å². The molecule has 1 aromatic heterocycles. The molecule has 2 aromatic rings. The summed E-state index contributed by atoms with van der Waals surface area (Å²) in [6.07, 6.45) is 3.64. The molecule has 4 rings (SSSR count). The second-order valence-electron chi connectivity index (χ2n) is 6.22. The van der Waals surface area contributed by atoms with E-state index in [0.29, 0.717) is 5.56 Å². The molecule has 1 saturated carbocycles. The van der Waals surface area contributed by atoms with E-state index in [1.54, 1.807) is 0 Å². The molecule has 2 aliphatic rings. The van der Waals surface area contributed by atoms with E-state index >= 15 is 0 Å². The molecule has 0 radical (unpaired) electrons. The Kier molecular flexibility index (Phi) is 2.50. The number of halogens is 2. The van der Waals surface area contributed by atoms with Gasteiger partial charge in [-0.05, 0) is 24.1 Å². The Morgan fingerprint density at radius 2 is 1.91 bits per heavy atom. The lowest BCUT2D eigenvalue weighted by Gasteiger charge is -2.27. The van der Waals surface area contributed by atoms with Crippen LogP contribution in [0.25, 0.3) is 11.3 Å². The van der Waals surface area contributed by atoms with Gasteiger partial charge in [-0.2, -0.15) is 4.57 Å². The molecule has 0 saturated heterocycles. The number of hydrogen-bond donors (Lipinski definition) is 0. The molecular weight excluding hydrogens is 280 g/mol. The van der Waals surface area contributed by atoms with E-state index in [2.05, 4.69) is 25.0 Å². The number of pyridine rings is 1. The largest absolute Gasteiger partial charge is 0.216 e. The average Bonchev–Trinajstić information content (AvgIpc) is 3.08. The fourth-order valence-electron chi connectivity index (χ4n) is 4.84. The molecule has 2 atom stereocenters. The van der Waals surface area contributed by atoms with Gasteiger partial charge in [0.25, 0.3) is 0 Å². The normalized spacial score (nSPS) is 27.9. The Morgan fingerprint density at radius 3 is 2.59 bits per heavy atom. The fraction of sp³-hybridized carbons (Fsp3) is 0.316. The van der Waals surface area contributed by atoms with E-state index < -0.39 is 11.6 Å². The number of nitrogens with zero attached hydrogens (tertiary/aromatic N) is 1. The van der Waals surface area contributed by atoms with Crippen molar-refractivity contribution in [3.8, 4) is 11.3 Å². The maximum Gasteiger partial charge on any atom is 0.216 e. The van der Waals surface area contributed by atoms with Crippen LogP contribution in [0.4, 0.5) is 8.78 Å². The zero-order chi connectivity index (χ0) is 15.7. The highest BCUT2D eigenvalue weighted by Crippen LogP contribution is 2.71. The molecule has 0 bridgehead atoms. The van der Waals surface area contributed by atoms with Gasteiger partial charge in [-0.1, -0.05) is 20.4 Å². The van der Waals surface area contributed by atoms with Crippen molar-refractivity contribution in [1.82, 2.24) is 0 Å². The lowest BCUT2D eigenvalue weighted by Crippen LogP contribution is -2.54. The Labute approximate surface area is 128 Å². The highest BCUT2D eigenvalue weighted by Gasteiger charge is 2.80. The number of fused-ring (bicyclic) bond motifs is 6. The molecule has 1 fully saturated rings. The summed E-state index contributed by atoms with van der Waals surface area (Å²) in [6.45, 7) is 8.48. The first-order valence-corrected chi connectivity index (χ1v) is 7.75. The highest BCUT2D eigenvalue weighted by molar-refractivity contribution is 5.74. The molecule has 2 heterocycles. The minimum atomic E-state index is -0.516. The van der Waals surface area contributed by atoms with Crippen LogP contribution in [0, 0.1) is 11.6 Å². The molecule has 112 valence electrons. The van der Waals surface area contributed by atoms with E-state index in [-0.39, 0.29) is 11.0 Å². The number of allylic oxidation sites excluding steroid dienone is 1. The van der Waals surface area contributed by atoms with Crippen molar-refractivity contribution in [1.29, 1.82) is 0 Å². The Morgan fingerprint density at radius 1 is 1.14 bits per heavy atom. The second-order valence-corrected chi connectivity index (χ2v) is 6.22. The lowest BCUT2D eigenvalue weighted by molar-refractivity contribution is -0.731. The van der Waals surface area contributed by atoms with E-state index in [9.17, 15) is 8.78 Å². The summed E-state index contributed by atoms with van der Waals surface area (Å²) in [5.74, 6) is -1.01. The average molecular weight is 298 g/mol. The zero-order valence-electron chi connectivity index (χ0n) is 12.8. The number of hydrogen-bond acceptors (Lipinski definition) is 0. The summed E-state index contributed by atoms with van der Waals surface area (Å²) in [6, 6.07) is 8.23. The van der Waals surface area contributed by atoms with Crippen molar-refractivity contribution in [2.24, 2.45) is 0 Å². The van der Waals surface area contributed by atoms with E-state index in [1.807, 2.05) is 24.4 Å². The van der Waals surface area contributed by atoms with Crippen molar-refractivity contribution >= 4 is 0 Å². The van der Waals surface area contributed by atoms with Crippen LogP contribution in [0.1, 0.15) is 32.3 Å². The summed E-state index contributed by atoms with van der Waals surface area (Å²) >= 11 is 0. The highest BCUT2D eigenvalue weighted by atomic mass is 19.1. The Balaban J connectivity index is 2.19. The van der Waals surface area contributed by atoms with Crippen LogP contribution in [0.2, 0.25) is 0 Å². The second kappa shape index (κ2) is 4.03. The minimum Gasteiger partial charge on any atom is -0.207 e. The van der Waals surface area contributed by atoms with Crippen LogP contribution in [-0.2, 0) is 11.0 Å². The van der Waals surface area contributed by atoms with Crippen LogP contribution in [0.3, 0.4) is 0 Å². The maximum absolute atomic E-state index is 14.6. The van der Waals surface area contributed by atoms with E-state index in [4.69, 9.17) is 0 Å². The molecule has 1 aliphatic heterocycles. The summed E-state index contributed by atoms with van der Waals surface area (Å²) in [5, 5.41) is 0. The van der Waals surface area contributed by atoms with Crippen molar-refractivity contribution in [2.45, 2.75) is 37.6 Å². The first-order chi connectivity index (χ1) is 10.5. The zero-order valence-corrected chi connectivity index (χ0v) is 12.8. The third kappa shape index (κ3) is 1.19. The standard InChI is InChI=1S/C19H18F2N/c1-4-18-12(3)19(18,5-2)22-9-7-6-8-16(22)17-14(18)10-13(20)11-15(17)21/h6-11H,3-5H2,1-2H3/q+1. The molecule has 1 aliphatic carbocycles. The molecule has 1 nitrogen and oxygen atoms in total. The summed E-state index contributed by atoms with van der Waals surface area (Å²) in [5.41, 5.74) is 2.52. The monoisotopic (exact) mass is 298 g/mol. The third-order valence-electron chi connectivity index (χ3n) is 5.74. The van der Waals surface area contributed by atoms with Crippen molar-refractivity contribution in [3.63, 3.8) is 0 Å². The van der Waals surface area contributed by atoms with Gasteiger partial charge in [0.05, 0.1) is 11.0 Å². The van der Waals surface area contributed by atoms with Gasteiger partial charge in [0.2, 0.25) is 11.2 Å². The van der Waals surface area contributed by atoms with Gasteiger partial charge in [0, 0.05) is 30.2 Å².